The Morgan fingerprint density at radius 2 is 2.28 bits per heavy atom. The van der Waals surface area contributed by atoms with E-state index in [1.807, 2.05) is 13.0 Å². The molecule has 96 valence electrons. The summed E-state index contributed by atoms with van der Waals surface area (Å²) in [6, 6.07) is 5.42. The Morgan fingerprint density at radius 3 is 2.94 bits per heavy atom. The maximum absolute atomic E-state index is 11.8. The van der Waals surface area contributed by atoms with Crippen molar-refractivity contribution < 1.29 is 14.7 Å². The minimum Gasteiger partial charge on any atom is -0.395 e. The maximum atomic E-state index is 11.8. The van der Waals surface area contributed by atoms with Crippen molar-refractivity contribution in [3.63, 3.8) is 0 Å². The number of aliphatic hydroxyl groups excluding tert-OH is 1. The second-order valence-electron chi connectivity index (χ2n) is 4.02. The van der Waals surface area contributed by atoms with Crippen LogP contribution in [0.1, 0.15) is 23.7 Å². The molecule has 0 saturated heterocycles. The molecule has 0 unspecified atom stereocenters. The highest BCUT2D eigenvalue weighted by Crippen LogP contribution is 2.35. The predicted molar refractivity (Wildman–Crippen MR) is 71.2 cm³/mol. The number of anilines is 1. The highest BCUT2D eigenvalue weighted by atomic mass is 32.2. The van der Waals surface area contributed by atoms with Crippen molar-refractivity contribution in [2.45, 2.75) is 18.2 Å². The van der Waals surface area contributed by atoms with Gasteiger partial charge in [-0.3, -0.25) is 9.59 Å². The topological polar surface area (TPSA) is 57.6 Å². The van der Waals surface area contributed by atoms with Crippen LogP contribution in [0.3, 0.4) is 0 Å². The first-order valence-electron chi connectivity index (χ1n) is 5.88. The molecule has 0 radical (unpaired) electrons. The van der Waals surface area contributed by atoms with Gasteiger partial charge in [-0.05, 0) is 12.1 Å². The zero-order chi connectivity index (χ0) is 13.1. The molecular formula is C13H15NO3S. The van der Waals surface area contributed by atoms with E-state index in [9.17, 15) is 9.59 Å². The lowest BCUT2D eigenvalue weighted by molar-refractivity contribution is -0.116. The van der Waals surface area contributed by atoms with Crippen LogP contribution in [0.4, 0.5) is 5.69 Å². The third-order valence-corrected chi connectivity index (χ3v) is 3.92. The van der Waals surface area contributed by atoms with E-state index in [1.54, 1.807) is 17.0 Å². The van der Waals surface area contributed by atoms with Crippen LogP contribution in [-0.4, -0.2) is 35.7 Å². The molecule has 2 rings (SSSR count). The van der Waals surface area contributed by atoms with Crippen LogP contribution in [0.2, 0.25) is 0 Å². The van der Waals surface area contributed by atoms with E-state index in [1.165, 1.54) is 11.8 Å². The minimum atomic E-state index is -0.0815. The fourth-order valence-corrected chi connectivity index (χ4v) is 2.84. The van der Waals surface area contributed by atoms with Gasteiger partial charge in [-0.15, -0.1) is 11.8 Å². The lowest BCUT2D eigenvalue weighted by Gasteiger charge is -2.28. The van der Waals surface area contributed by atoms with Crippen molar-refractivity contribution in [3.8, 4) is 0 Å². The fraction of sp³-hybridized carbons (Fsp3) is 0.385. The molecule has 18 heavy (non-hydrogen) atoms. The van der Waals surface area contributed by atoms with Gasteiger partial charge in [0.05, 0.1) is 18.0 Å². The Morgan fingerprint density at radius 1 is 1.50 bits per heavy atom. The van der Waals surface area contributed by atoms with Crippen molar-refractivity contribution in [3.05, 3.63) is 23.8 Å². The zero-order valence-electron chi connectivity index (χ0n) is 10.2. The summed E-state index contributed by atoms with van der Waals surface area (Å²) in [5.41, 5.74) is 1.36. The predicted octanol–water partition coefficient (Wildman–Crippen LogP) is 1.71. The van der Waals surface area contributed by atoms with Gasteiger partial charge < -0.3 is 10.0 Å². The second kappa shape index (κ2) is 5.54. The largest absolute Gasteiger partial charge is 0.395 e. The summed E-state index contributed by atoms with van der Waals surface area (Å²) < 4.78 is 0. The number of β-amino-alcohol motifs (C(OH)–C–C–N with tert-alkyl or cyclic N) is 1. The van der Waals surface area contributed by atoms with Gasteiger partial charge in [0, 0.05) is 23.4 Å². The number of nitrogens with zero attached hydrogens (tertiary/aromatic N) is 1. The molecule has 1 amide bonds. The van der Waals surface area contributed by atoms with Gasteiger partial charge in [-0.1, -0.05) is 13.0 Å². The van der Waals surface area contributed by atoms with Crippen LogP contribution < -0.4 is 4.90 Å². The summed E-state index contributed by atoms with van der Waals surface area (Å²) in [5, 5.41) is 9.02. The molecule has 0 fully saturated rings. The molecule has 0 aromatic heterocycles. The number of hydrogen-bond donors (Lipinski definition) is 1. The molecule has 1 aromatic rings. The van der Waals surface area contributed by atoms with Crippen LogP contribution in [-0.2, 0) is 4.79 Å². The van der Waals surface area contributed by atoms with E-state index in [-0.39, 0.29) is 24.8 Å². The highest BCUT2D eigenvalue weighted by Gasteiger charge is 2.25. The van der Waals surface area contributed by atoms with Gasteiger partial charge in [0.1, 0.15) is 0 Å². The van der Waals surface area contributed by atoms with Crippen LogP contribution in [0, 0.1) is 0 Å². The quantitative estimate of drug-likeness (QED) is 0.842. The number of Topliss-reactive ketones (excluding diaryl/α,β-unsaturated/α-hetero) is 1. The van der Waals surface area contributed by atoms with Gasteiger partial charge >= 0.3 is 0 Å². The highest BCUT2D eigenvalue weighted by molar-refractivity contribution is 8.00. The third-order valence-electron chi connectivity index (χ3n) is 2.87. The number of rotatable bonds is 4. The SMILES string of the molecule is CCC(=O)c1ccc2c(c1)N(CCO)C(=O)CS2. The van der Waals surface area contributed by atoms with Gasteiger partial charge in [0.2, 0.25) is 5.91 Å². The molecule has 0 atom stereocenters. The van der Waals surface area contributed by atoms with Crippen LogP contribution in [0.5, 0.6) is 0 Å². The number of aliphatic hydroxyl groups is 1. The number of hydrogen-bond acceptors (Lipinski definition) is 4. The van der Waals surface area contributed by atoms with Crippen molar-refractivity contribution in [2.24, 2.45) is 0 Å². The van der Waals surface area contributed by atoms with Crippen LogP contribution >= 0.6 is 11.8 Å². The molecule has 5 heteroatoms. The van der Waals surface area contributed by atoms with E-state index < -0.39 is 0 Å². The fourth-order valence-electron chi connectivity index (χ4n) is 1.92. The first-order valence-corrected chi connectivity index (χ1v) is 6.87. The van der Waals surface area contributed by atoms with Gasteiger partial charge in [-0.25, -0.2) is 0 Å². The van der Waals surface area contributed by atoms with E-state index in [0.717, 1.165) is 10.6 Å². The standard InChI is InChI=1S/C13H15NO3S/c1-2-11(16)9-3-4-12-10(7-9)14(5-6-15)13(17)8-18-12/h3-4,7,15H,2,5-6,8H2,1H3. The molecule has 0 aliphatic carbocycles. The third kappa shape index (κ3) is 2.42. The first kappa shape index (κ1) is 13.1. The van der Waals surface area contributed by atoms with Crippen molar-refractivity contribution >= 4 is 29.1 Å². The van der Waals surface area contributed by atoms with Crippen LogP contribution in [0.25, 0.3) is 0 Å². The van der Waals surface area contributed by atoms with Gasteiger partial charge in [-0.2, -0.15) is 0 Å². The Labute approximate surface area is 110 Å². The zero-order valence-corrected chi connectivity index (χ0v) is 11.0. The average Bonchev–Trinajstić information content (AvgIpc) is 2.40. The van der Waals surface area contributed by atoms with Crippen molar-refractivity contribution in [2.75, 3.05) is 23.8 Å². The number of carbonyl (C=O) groups excluding carboxylic acids is 2. The lowest BCUT2D eigenvalue weighted by atomic mass is 10.1. The monoisotopic (exact) mass is 265 g/mol. The molecule has 1 aliphatic rings. The lowest BCUT2D eigenvalue weighted by Crippen LogP contribution is -2.37. The smallest absolute Gasteiger partial charge is 0.237 e. The summed E-state index contributed by atoms with van der Waals surface area (Å²) >= 11 is 1.47. The summed E-state index contributed by atoms with van der Waals surface area (Å²) in [6.07, 6.45) is 0.444. The molecule has 1 heterocycles. The molecule has 0 saturated carbocycles. The molecule has 1 aliphatic heterocycles. The Hall–Kier alpha value is -1.33. The van der Waals surface area contributed by atoms with Crippen molar-refractivity contribution in [1.82, 2.24) is 0 Å². The second-order valence-corrected chi connectivity index (χ2v) is 5.03. The molecule has 0 spiro atoms. The Balaban J connectivity index is 2.41. The molecule has 1 N–H and O–H groups in total. The maximum Gasteiger partial charge on any atom is 0.237 e. The van der Waals surface area contributed by atoms with E-state index in [4.69, 9.17) is 5.11 Å². The number of amides is 1. The van der Waals surface area contributed by atoms with Crippen LogP contribution in [0.15, 0.2) is 23.1 Å². The van der Waals surface area contributed by atoms with Crippen molar-refractivity contribution in [1.29, 1.82) is 0 Å². The number of carbonyl (C=O) groups is 2. The molecule has 1 aromatic carbocycles. The molecule has 0 bridgehead atoms. The number of ketones is 1. The number of thioether (sulfide) groups is 1. The summed E-state index contributed by atoms with van der Waals surface area (Å²) in [6.45, 7) is 2.01. The van der Waals surface area contributed by atoms with Gasteiger partial charge in [0.15, 0.2) is 5.78 Å². The average molecular weight is 265 g/mol. The summed E-state index contributed by atoms with van der Waals surface area (Å²) in [4.78, 5) is 26.0. The van der Waals surface area contributed by atoms with Gasteiger partial charge in [0.25, 0.3) is 0 Å². The Bertz CT molecular complexity index is 487. The van der Waals surface area contributed by atoms with E-state index in [0.29, 0.717) is 17.7 Å². The molecule has 4 nitrogen and oxygen atoms in total. The van der Waals surface area contributed by atoms with E-state index in [2.05, 4.69) is 0 Å². The number of benzene rings is 1. The number of fused-ring (bicyclic) bond motifs is 1. The normalized spacial score (nSPS) is 14.6. The first-order chi connectivity index (χ1) is 8.67. The summed E-state index contributed by atoms with van der Waals surface area (Å²) in [7, 11) is 0. The molecular weight excluding hydrogens is 250 g/mol. The Kier molecular flexibility index (Phi) is 4.04. The van der Waals surface area contributed by atoms with E-state index >= 15 is 0 Å². The minimum absolute atomic E-state index is 0.0253. The summed E-state index contributed by atoms with van der Waals surface area (Å²) in [5.74, 6) is 0.418.